The van der Waals surface area contributed by atoms with Crippen LogP contribution in [0.2, 0.25) is 5.28 Å². The Labute approximate surface area is 177 Å². The maximum absolute atomic E-state index is 13.0. The number of benzene rings is 1. The lowest BCUT2D eigenvalue weighted by atomic mass is 10.2. The van der Waals surface area contributed by atoms with E-state index < -0.39 is 0 Å². The Morgan fingerprint density at radius 2 is 2.00 bits per heavy atom. The van der Waals surface area contributed by atoms with E-state index in [0.717, 1.165) is 24.5 Å². The number of rotatable bonds is 5. The van der Waals surface area contributed by atoms with E-state index in [1.165, 1.54) is 11.8 Å². The number of aromatic amines is 1. The molecule has 10 heteroatoms. The van der Waals surface area contributed by atoms with Gasteiger partial charge in [-0.1, -0.05) is 23.9 Å². The lowest BCUT2D eigenvalue weighted by Crippen LogP contribution is -2.50. The number of amides is 1. The van der Waals surface area contributed by atoms with Gasteiger partial charge in [0.1, 0.15) is 16.3 Å². The Hall–Kier alpha value is -2.52. The van der Waals surface area contributed by atoms with Crippen LogP contribution < -0.4 is 9.64 Å². The molecule has 1 aromatic carbocycles. The van der Waals surface area contributed by atoms with E-state index in [9.17, 15) is 4.79 Å². The molecule has 1 fully saturated rings. The number of halogens is 1. The predicted octanol–water partition coefficient (Wildman–Crippen LogP) is 2.84. The number of carbonyl (C=O) groups is 1. The Morgan fingerprint density at radius 3 is 2.76 bits per heavy atom. The van der Waals surface area contributed by atoms with Crippen LogP contribution in [-0.2, 0) is 4.79 Å². The maximum atomic E-state index is 13.0. The van der Waals surface area contributed by atoms with Crippen molar-refractivity contribution in [2.24, 2.45) is 0 Å². The van der Waals surface area contributed by atoms with E-state index in [1.807, 2.05) is 36.1 Å². The summed E-state index contributed by atoms with van der Waals surface area (Å²) in [6.07, 6.45) is 1.54. The van der Waals surface area contributed by atoms with Crippen LogP contribution >= 0.6 is 23.4 Å². The Balaban J connectivity index is 1.41. The van der Waals surface area contributed by atoms with Crippen molar-refractivity contribution in [3.63, 3.8) is 0 Å². The van der Waals surface area contributed by atoms with Gasteiger partial charge in [0.25, 0.3) is 0 Å². The number of H-pyrrole nitrogens is 1. The quantitative estimate of drug-likeness (QED) is 0.377. The average molecular weight is 433 g/mol. The smallest absolute Gasteiger partial charge is 0.235 e. The molecule has 8 nitrogen and oxygen atoms in total. The number of carbonyl (C=O) groups excluding carboxylic acids is 1. The minimum atomic E-state index is -0.301. The third kappa shape index (κ3) is 4.11. The molecule has 29 heavy (non-hydrogen) atoms. The van der Waals surface area contributed by atoms with Crippen molar-refractivity contribution in [2.45, 2.75) is 17.2 Å². The first-order valence-electron chi connectivity index (χ1n) is 9.27. The summed E-state index contributed by atoms with van der Waals surface area (Å²) in [5.41, 5.74) is 2.25. The van der Waals surface area contributed by atoms with Crippen LogP contribution in [0.1, 0.15) is 6.92 Å². The van der Waals surface area contributed by atoms with Crippen LogP contribution in [0.3, 0.4) is 0 Å². The zero-order valence-corrected chi connectivity index (χ0v) is 17.7. The lowest BCUT2D eigenvalue weighted by Gasteiger charge is -2.37. The summed E-state index contributed by atoms with van der Waals surface area (Å²) < 4.78 is 5.46. The van der Waals surface area contributed by atoms with Crippen molar-refractivity contribution in [3.8, 4) is 5.75 Å². The molecule has 1 saturated heterocycles. The summed E-state index contributed by atoms with van der Waals surface area (Å²) in [6, 6.07) is 7.95. The van der Waals surface area contributed by atoms with Gasteiger partial charge in [-0.05, 0) is 30.7 Å². The van der Waals surface area contributed by atoms with E-state index in [0.29, 0.717) is 29.3 Å². The van der Waals surface area contributed by atoms with E-state index in [1.54, 1.807) is 13.4 Å². The molecule has 1 amide bonds. The highest BCUT2D eigenvalue weighted by Crippen LogP contribution is 2.31. The first kappa shape index (κ1) is 19.8. The first-order chi connectivity index (χ1) is 14.1. The third-order valence-corrected chi connectivity index (χ3v) is 6.12. The standard InChI is InChI=1S/C19H21ClN6O2S/c1-12(29-17-15-16(22-11-21-15)23-19(20)24-17)18(27)26-9-7-25(8-10-26)13-5-3-4-6-14(13)28-2/h3-6,11-12H,7-10H2,1-2H3,(H,21,22,23,24). The number of nitrogens with zero attached hydrogens (tertiary/aromatic N) is 5. The van der Waals surface area contributed by atoms with Gasteiger partial charge in [-0.2, -0.15) is 4.98 Å². The summed E-state index contributed by atoms with van der Waals surface area (Å²) >= 11 is 7.36. The Morgan fingerprint density at radius 1 is 1.24 bits per heavy atom. The molecular weight excluding hydrogens is 412 g/mol. The van der Waals surface area contributed by atoms with Gasteiger partial charge in [0.2, 0.25) is 11.2 Å². The number of piperazine rings is 1. The van der Waals surface area contributed by atoms with E-state index >= 15 is 0 Å². The number of para-hydroxylation sites is 2. The van der Waals surface area contributed by atoms with Crippen LogP contribution in [0, 0.1) is 0 Å². The number of anilines is 1. The molecular formula is C19H21ClN6O2S. The maximum Gasteiger partial charge on any atom is 0.235 e. The fourth-order valence-corrected chi connectivity index (χ4v) is 4.61. The molecule has 3 aromatic rings. The zero-order chi connectivity index (χ0) is 20.4. The van der Waals surface area contributed by atoms with Gasteiger partial charge in [0.15, 0.2) is 5.65 Å². The van der Waals surface area contributed by atoms with Crippen LogP contribution in [0.4, 0.5) is 5.69 Å². The summed E-state index contributed by atoms with van der Waals surface area (Å²) in [5.74, 6) is 0.928. The van der Waals surface area contributed by atoms with Crippen LogP contribution in [0.5, 0.6) is 5.75 Å². The molecule has 1 unspecified atom stereocenters. The number of fused-ring (bicyclic) bond motifs is 1. The fourth-order valence-electron chi connectivity index (χ4n) is 3.40. The van der Waals surface area contributed by atoms with E-state index in [4.69, 9.17) is 16.3 Å². The van der Waals surface area contributed by atoms with Crippen LogP contribution in [-0.4, -0.2) is 69.3 Å². The van der Waals surface area contributed by atoms with Gasteiger partial charge in [-0.15, -0.1) is 0 Å². The highest BCUT2D eigenvalue weighted by atomic mass is 35.5. The molecule has 3 heterocycles. The molecule has 1 aliphatic rings. The molecule has 0 aliphatic carbocycles. The van der Waals surface area contributed by atoms with Crippen molar-refractivity contribution in [2.75, 3.05) is 38.2 Å². The zero-order valence-electron chi connectivity index (χ0n) is 16.1. The number of hydrogen-bond acceptors (Lipinski definition) is 7. The van der Waals surface area contributed by atoms with Crippen molar-refractivity contribution in [3.05, 3.63) is 35.9 Å². The SMILES string of the molecule is COc1ccccc1N1CCN(C(=O)C(C)Sc2nc(Cl)nc3nc[nH]c23)CC1. The number of hydrogen-bond donors (Lipinski definition) is 1. The van der Waals surface area contributed by atoms with Gasteiger partial charge in [-0.3, -0.25) is 4.79 Å². The topological polar surface area (TPSA) is 87.2 Å². The average Bonchev–Trinajstić information content (AvgIpc) is 3.22. The van der Waals surface area contributed by atoms with Gasteiger partial charge in [0.05, 0.1) is 24.4 Å². The number of thioether (sulfide) groups is 1. The molecule has 1 aliphatic heterocycles. The van der Waals surface area contributed by atoms with Crippen molar-refractivity contribution in [1.29, 1.82) is 0 Å². The monoisotopic (exact) mass is 432 g/mol. The molecule has 0 bridgehead atoms. The molecule has 1 atom stereocenters. The summed E-state index contributed by atoms with van der Waals surface area (Å²) in [7, 11) is 1.67. The van der Waals surface area contributed by atoms with Gasteiger partial charge in [0, 0.05) is 26.2 Å². The van der Waals surface area contributed by atoms with Crippen molar-refractivity contribution < 1.29 is 9.53 Å². The highest BCUT2D eigenvalue weighted by Gasteiger charge is 2.27. The molecule has 2 aromatic heterocycles. The number of ether oxygens (including phenoxy) is 1. The number of nitrogens with one attached hydrogen (secondary N) is 1. The molecule has 0 spiro atoms. The summed E-state index contributed by atoms with van der Waals surface area (Å²) in [5, 5.41) is 0.452. The minimum absolute atomic E-state index is 0.0806. The van der Waals surface area contributed by atoms with Gasteiger partial charge < -0.3 is 19.5 Å². The number of aromatic nitrogens is 4. The first-order valence-corrected chi connectivity index (χ1v) is 10.5. The van der Waals surface area contributed by atoms with Crippen LogP contribution in [0.25, 0.3) is 11.2 Å². The van der Waals surface area contributed by atoms with Crippen LogP contribution in [0.15, 0.2) is 35.6 Å². The number of methoxy groups -OCH3 is 1. The lowest BCUT2D eigenvalue weighted by molar-refractivity contribution is -0.130. The van der Waals surface area contributed by atoms with Gasteiger partial charge in [-0.25, -0.2) is 9.97 Å². The highest BCUT2D eigenvalue weighted by molar-refractivity contribution is 8.00. The predicted molar refractivity (Wildman–Crippen MR) is 114 cm³/mol. The third-order valence-electron chi connectivity index (χ3n) is 4.88. The molecule has 0 saturated carbocycles. The minimum Gasteiger partial charge on any atom is -0.495 e. The largest absolute Gasteiger partial charge is 0.495 e. The summed E-state index contributed by atoms with van der Waals surface area (Å²) in [4.78, 5) is 32.6. The van der Waals surface area contributed by atoms with Gasteiger partial charge >= 0.3 is 0 Å². The second-order valence-electron chi connectivity index (χ2n) is 6.64. The van der Waals surface area contributed by atoms with Crippen molar-refractivity contribution >= 4 is 46.1 Å². The van der Waals surface area contributed by atoms with E-state index in [2.05, 4.69) is 24.8 Å². The Kier molecular flexibility index (Phi) is 5.77. The normalized spacial score (nSPS) is 15.6. The molecule has 1 N–H and O–H groups in total. The molecule has 152 valence electrons. The van der Waals surface area contributed by atoms with Crippen molar-refractivity contribution in [1.82, 2.24) is 24.8 Å². The summed E-state index contributed by atoms with van der Waals surface area (Å²) in [6.45, 7) is 4.72. The molecule has 4 rings (SSSR count). The Bertz CT molecular complexity index is 1020. The van der Waals surface area contributed by atoms with E-state index in [-0.39, 0.29) is 16.4 Å². The number of imidazole rings is 1. The fraction of sp³-hybridized carbons (Fsp3) is 0.368. The second kappa shape index (κ2) is 8.46. The molecule has 0 radical (unpaired) electrons. The second-order valence-corrected chi connectivity index (χ2v) is 8.31.